The molecule has 3 heterocycles. The molecule has 180 valence electrons. The number of benzene rings is 2. The Morgan fingerprint density at radius 1 is 1.11 bits per heavy atom. The zero-order valence-corrected chi connectivity index (χ0v) is 20.7. The molecule has 1 saturated heterocycles. The Morgan fingerprint density at radius 2 is 1.86 bits per heavy atom. The molecule has 11 heteroatoms. The van der Waals surface area contributed by atoms with E-state index in [4.69, 9.17) is 27.9 Å². The number of hydrogen-bond acceptors (Lipinski definition) is 8. The lowest BCUT2D eigenvalue weighted by molar-refractivity contribution is 0.413. The molecule has 9 nitrogen and oxygen atoms in total. The first-order valence-corrected chi connectivity index (χ1v) is 11.8. The van der Waals surface area contributed by atoms with Crippen LogP contribution in [0.4, 0.5) is 17.3 Å². The molecule has 35 heavy (non-hydrogen) atoms. The molecule has 1 aliphatic rings. The average molecular weight is 512 g/mol. The predicted octanol–water partition coefficient (Wildman–Crippen LogP) is 3.95. The molecule has 0 aliphatic carbocycles. The summed E-state index contributed by atoms with van der Waals surface area (Å²) < 4.78 is 6.83. The van der Waals surface area contributed by atoms with Gasteiger partial charge in [-0.15, -0.1) is 0 Å². The van der Waals surface area contributed by atoms with Gasteiger partial charge in [0.1, 0.15) is 17.0 Å². The molecule has 1 aliphatic heterocycles. The van der Waals surface area contributed by atoms with Crippen molar-refractivity contribution in [3.8, 4) is 11.4 Å². The minimum absolute atomic E-state index is 0.311. The number of nitrogens with zero attached hydrogens (tertiary/aromatic N) is 5. The van der Waals surface area contributed by atoms with Crippen molar-refractivity contribution < 1.29 is 4.74 Å². The third-order valence-corrected chi connectivity index (χ3v) is 6.46. The van der Waals surface area contributed by atoms with Crippen LogP contribution in [0.1, 0.15) is 5.69 Å². The van der Waals surface area contributed by atoms with Crippen LogP contribution >= 0.6 is 23.2 Å². The topological polar surface area (TPSA) is 97.2 Å². The van der Waals surface area contributed by atoms with Gasteiger partial charge in [0.15, 0.2) is 0 Å². The van der Waals surface area contributed by atoms with Crippen LogP contribution in [-0.2, 0) is 0 Å². The second kappa shape index (κ2) is 9.69. The van der Waals surface area contributed by atoms with E-state index in [0.717, 1.165) is 43.3 Å². The quantitative estimate of drug-likeness (QED) is 0.415. The summed E-state index contributed by atoms with van der Waals surface area (Å²) in [4.78, 5) is 24.4. The van der Waals surface area contributed by atoms with Gasteiger partial charge in [-0.1, -0.05) is 29.3 Å². The van der Waals surface area contributed by atoms with Gasteiger partial charge >= 0.3 is 0 Å². The largest absolute Gasteiger partial charge is 0.495 e. The number of piperazine rings is 1. The monoisotopic (exact) mass is 511 g/mol. The molecule has 0 spiro atoms. The summed E-state index contributed by atoms with van der Waals surface area (Å²) in [6.45, 7) is 5.48. The highest BCUT2D eigenvalue weighted by atomic mass is 35.5. The second-order valence-electron chi connectivity index (χ2n) is 8.08. The first-order chi connectivity index (χ1) is 17.0. The highest BCUT2D eigenvalue weighted by molar-refractivity contribution is 6.37. The normalized spacial score (nSPS) is 13.8. The zero-order valence-electron chi connectivity index (χ0n) is 19.2. The third kappa shape index (κ3) is 4.50. The van der Waals surface area contributed by atoms with Gasteiger partial charge in [0, 0.05) is 44.1 Å². The first kappa shape index (κ1) is 23.3. The molecule has 0 radical (unpaired) electrons. The Balaban J connectivity index is 1.49. The molecular weight excluding hydrogens is 489 g/mol. The maximum Gasteiger partial charge on any atom is 0.282 e. The first-order valence-electron chi connectivity index (χ1n) is 11.1. The highest BCUT2D eigenvalue weighted by Gasteiger charge is 2.18. The Bertz CT molecular complexity index is 1450. The molecule has 2 N–H and O–H groups in total. The third-order valence-electron chi connectivity index (χ3n) is 5.85. The molecular formula is C24H23Cl2N7O2. The molecule has 0 amide bonds. The van der Waals surface area contributed by atoms with E-state index in [2.05, 4.69) is 30.6 Å². The Hall–Kier alpha value is -3.40. The molecule has 0 atom stereocenters. The summed E-state index contributed by atoms with van der Waals surface area (Å²) in [5, 5.41) is 11.9. The predicted molar refractivity (Wildman–Crippen MR) is 139 cm³/mol. The maximum atomic E-state index is 13.2. The Kier molecular flexibility index (Phi) is 6.46. The molecule has 2 aromatic heterocycles. The zero-order chi connectivity index (χ0) is 24.5. The van der Waals surface area contributed by atoms with E-state index in [9.17, 15) is 4.79 Å². The number of aromatic nitrogens is 4. The van der Waals surface area contributed by atoms with Crippen LogP contribution in [0.5, 0.6) is 5.75 Å². The molecule has 0 bridgehead atoms. The number of halogens is 2. The van der Waals surface area contributed by atoms with Crippen LogP contribution in [-0.4, -0.2) is 53.0 Å². The van der Waals surface area contributed by atoms with Crippen LogP contribution in [0.25, 0.3) is 16.6 Å². The van der Waals surface area contributed by atoms with Crippen molar-refractivity contribution in [1.29, 1.82) is 0 Å². The molecule has 4 aromatic rings. The van der Waals surface area contributed by atoms with Crippen LogP contribution in [0.2, 0.25) is 10.0 Å². The van der Waals surface area contributed by atoms with Gasteiger partial charge < -0.3 is 20.3 Å². The van der Waals surface area contributed by atoms with Gasteiger partial charge in [0.05, 0.1) is 33.9 Å². The Labute approximate surface area is 211 Å². The second-order valence-corrected chi connectivity index (χ2v) is 8.89. The number of anilines is 3. The van der Waals surface area contributed by atoms with Crippen LogP contribution in [0.15, 0.2) is 47.4 Å². The van der Waals surface area contributed by atoms with Crippen molar-refractivity contribution in [3.05, 3.63) is 68.7 Å². The number of methoxy groups -OCH3 is 1. The average Bonchev–Trinajstić information content (AvgIpc) is 2.87. The van der Waals surface area contributed by atoms with Crippen molar-refractivity contribution in [2.45, 2.75) is 6.92 Å². The molecule has 1 fully saturated rings. The van der Waals surface area contributed by atoms with E-state index in [0.29, 0.717) is 38.3 Å². The summed E-state index contributed by atoms with van der Waals surface area (Å²) >= 11 is 12.6. The molecule has 0 saturated carbocycles. The van der Waals surface area contributed by atoms with E-state index < -0.39 is 5.56 Å². The summed E-state index contributed by atoms with van der Waals surface area (Å²) in [6.07, 6.45) is 1.48. The number of aryl methyl sites for hydroxylation is 1. The van der Waals surface area contributed by atoms with E-state index in [1.807, 2.05) is 18.2 Å². The Morgan fingerprint density at radius 3 is 2.57 bits per heavy atom. The van der Waals surface area contributed by atoms with Crippen LogP contribution in [0.3, 0.4) is 0 Å². The number of para-hydroxylation sites is 1. The smallest absolute Gasteiger partial charge is 0.282 e. The van der Waals surface area contributed by atoms with Gasteiger partial charge in [-0.3, -0.25) is 4.79 Å². The molecule has 5 rings (SSSR count). The number of nitrogens with one attached hydrogen (secondary N) is 2. The van der Waals surface area contributed by atoms with Crippen molar-refractivity contribution in [2.24, 2.45) is 0 Å². The molecule has 2 aromatic carbocycles. The fraction of sp³-hybridized carbons (Fsp3) is 0.250. The standard InChI is InChI=1S/C24H23Cl2N7O2/c1-14-21-16(23(34)33(31-14)22-17(25)4-3-5-18(22)26)13-28-24(30-21)29-15-6-7-19(20(12-15)35-2)32-10-8-27-9-11-32/h3-7,12-13,27H,8-11H2,1-2H3,(H,28,29,30). The van der Waals surface area contributed by atoms with Gasteiger partial charge in [-0.2, -0.15) is 9.78 Å². The fourth-order valence-corrected chi connectivity index (χ4v) is 4.68. The minimum atomic E-state index is -0.408. The van der Waals surface area contributed by atoms with Gasteiger partial charge in [-0.25, -0.2) is 9.97 Å². The fourth-order valence-electron chi connectivity index (χ4n) is 4.13. The van der Waals surface area contributed by atoms with E-state index in [1.54, 1.807) is 32.2 Å². The summed E-state index contributed by atoms with van der Waals surface area (Å²) in [5.41, 5.74) is 2.70. The maximum absolute atomic E-state index is 13.2. The number of rotatable bonds is 5. The summed E-state index contributed by atoms with van der Waals surface area (Å²) in [6, 6.07) is 10.9. The molecule has 0 unspecified atom stereocenters. The number of hydrogen-bond donors (Lipinski definition) is 2. The van der Waals surface area contributed by atoms with E-state index in [-0.39, 0.29) is 0 Å². The SMILES string of the molecule is COc1cc(Nc2ncc3c(=O)n(-c4c(Cl)cccc4Cl)nc(C)c3n2)ccc1N1CCNCC1. The minimum Gasteiger partial charge on any atom is -0.495 e. The lowest BCUT2D eigenvalue weighted by Crippen LogP contribution is -2.43. The summed E-state index contributed by atoms with van der Waals surface area (Å²) in [5.74, 6) is 1.10. The highest BCUT2D eigenvalue weighted by Crippen LogP contribution is 2.32. The van der Waals surface area contributed by atoms with Crippen molar-refractivity contribution in [2.75, 3.05) is 43.5 Å². The van der Waals surface area contributed by atoms with Gasteiger partial charge in [-0.05, 0) is 31.2 Å². The van der Waals surface area contributed by atoms with E-state index >= 15 is 0 Å². The van der Waals surface area contributed by atoms with Gasteiger partial charge in [0.2, 0.25) is 5.95 Å². The number of ether oxygens (including phenoxy) is 1. The number of fused-ring (bicyclic) bond motifs is 1. The lowest BCUT2D eigenvalue weighted by Gasteiger charge is -2.30. The lowest BCUT2D eigenvalue weighted by atomic mass is 10.2. The van der Waals surface area contributed by atoms with Crippen molar-refractivity contribution >= 4 is 51.4 Å². The van der Waals surface area contributed by atoms with Crippen molar-refractivity contribution in [3.63, 3.8) is 0 Å². The van der Waals surface area contributed by atoms with Crippen molar-refractivity contribution in [1.82, 2.24) is 25.1 Å². The van der Waals surface area contributed by atoms with E-state index in [1.165, 1.54) is 10.9 Å². The van der Waals surface area contributed by atoms with Gasteiger partial charge in [0.25, 0.3) is 5.56 Å². The van der Waals surface area contributed by atoms with Crippen LogP contribution in [0, 0.1) is 6.92 Å². The summed E-state index contributed by atoms with van der Waals surface area (Å²) in [7, 11) is 1.66. The van der Waals surface area contributed by atoms with Crippen LogP contribution < -0.4 is 25.8 Å².